The standard InChI is InChI=1S/C14H12Cl2N2O2/c15-10-4-5-12(16)13(7-10)18-14(20)17-11-3-1-2-9(6-11)8-19/h1-7,19H,8H2,(H2,17,18,20). The third kappa shape index (κ3) is 3.87. The number of carbonyl (C=O) groups is 1. The van der Waals surface area contributed by atoms with Crippen molar-refractivity contribution < 1.29 is 9.90 Å². The molecule has 0 radical (unpaired) electrons. The lowest BCUT2D eigenvalue weighted by Gasteiger charge is -2.10. The molecule has 20 heavy (non-hydrogen) atoms. The van der Waals surface area contributed by atoms with Gasteiger partial charge >= 0.3 is 6.03 Å². The fourth-order valence-electron chi connectivity index (χ4n) is 1.63. The summed E-state index contributed by atoms with van der Waals surface area (Å²) in [5.41, 5.74) is 1.71. The number of urea groups is 1. The Labute approximate surface area is 126 Å². The van der Waals surface area contributed by atoms with Gasteiger partial charge in [-0.25, -0.2) is 4.79 Å². The van der Waals surface area contributed by atoms with E-state index in [4.69, 9.17) is 28.3 Å². The number of amides is 2. The van der Waals surface area contributed by atoms with Gasteiger partial charge < -0.3 is 15.7 Å². The van der Waals surface area contributed by atoms with Gasteiger partial charge in [0.2, 0.25) is 0 Å². The molecule has 2 aromatic carbocycles. The first-order valence-corrected chi connectivity index (χ1v) is 6.57. The Morgan fingerprint density at radius 1 is 1.10 bits per heavy atom. The van der Waals surface area contributed by atoms with Crippen LogP contribution in [0, 0.1) is 0 Å². The quantitative estimate of drug-likeness (QED) is 0.798. The first-order chi connectivity index (χ1) is 9.58. The van der Waals surface area contributed by atoms with Crippen LogP contribution >= 0.6 is 23.2 Å². The molecule has 2 amide bonds. The molecule has 0 saturated heterocycles. The fourth-order valence-corrected chi connectivity index (χ4v) is 1.96. The zero-order valence-corrected chi connectivity index (χ0v) is 11.9. The molecule has 0 aliphatic heterocycles. The molecule has 0 bridgehead atoms. The Hall–Kier alpha value is -1.75. The van der Waals surface area contributed by atoms with E-state index in [1.54, 1.807) is 42.5 Å². The van der Waals surface area contributed by atoms with Crippen LogP contribution in [0.4, 0.5) is 16.2 Å². The minimum absolute atomic E-state index is 0.0861. The summed E-state index contributed by atoms with van der Waals surface area (Å²) >= 11 is 11.8. The number of aliphatic hydroxyl groups is 1. The van der Waals surface area contributed by atoms with E-state index in [9.17, 15) is 4.79 Å². The lowest BCUT2D eigenvalue weighted by molar-refractivity contribution is 0.262. The summed E-state index contributed by atoms with van der Waals surface area (Å²) in [6.45, 7) is -0.0861. The van der Waals surface area contributed by atoms with Gasteiger partial charge in [-0.15, -0.1) is 0 Å². The monoisotopic (exact) mass is 310 g/mol. The highest BCUT2D eigenvalue weighted by Crippen LogP contribution is 2.25. The molecule has 0 unspecified atom stereocenters. The second-order valence-electron chi connectivity index (χ2n) is 4.06. The molecule has 0 saturated carbocycles. The number of hydrogen-bond donors (Lipinski definition) is 3. The smallest absolute Gasteiger partial charge is 0.323 e. The van der Waals surface area contributed by atoms with Crippen molar-refractivity contribution in [3.8, 4) is 0 Å². The molecule has 0 fully saturated rings. The predicted molar refractivity (Wildman–Crippen MR) is 81.5 cm³/mol. The Bertz CT molecular complexity index is 632. The van der Waals surface area contributed by atoms with E-state index in [0.29, 0.717) is 27.0 Å². The summed E-state index contributed by atoms with van der Waals surface area (Å²) < 4.78 is 0. The van der Waals surface area contributed by atoms with Crippen molar-refractivity contribution in [1.82, 2.24) is 0 Å². The Morgan fingerprint density at radius 3 is 2.65 bits per heavy atom. The van der Waals surface area contributed by atoms with Crippen LogP contribution in [0.3, 0.4) is 0 Å². The molecule has 0 atom stereocenters. The first kappa shape index (κ1) is 14.7. The van der Waals surface area contributed by atoms with Gasteiger partial charge in [-0.3, -0.25) is 0 Å². The molecule has 0 spiro atoms. The van der Waals surface area contributed by atoms with E-state index >= 15 is 0 Å². The second-order valence-corrected chi connectivity index (χ2v) is 4.91. The van der Waals surface area contributed by atoms with Gasteiger partial charge in [0, 0.05) is 10.7 Å². The minimum Gasteiger partial charge on any atom is -0.392 e. The molecule has 4 nitrogen and oxygen atoms in total. The van der Waals surface area contributed by atoms with Crippen LogP contribution in [0.1, 0.15) is 5.56 Å². The summed E-state index contributed by atoms with van der Waals surface area (Å²) in [5, 5.41) is 15.2. The molecule has 0 aliphatic rings. The van der Waals surface area contributed by atoms with E-state index in [2.05, 4.69) is 10.6 Å². The number of benzene rings is 2. The molecule has 2 aromatic rings. The molecule has 0 aliphatic carbocycles. The maximum Gasteiger partial charge on any atom is 0.323 e. The van der Waals surface area contributed by atoms with Crippen LogP contribution < -0.4 is 10.6 Å². The van der Waals surface area contributed by atoms with Crippen LogP contribution in [-0.4, -0.2) is 11.1 Å². The fraction of sp³-hybridized carbons (Fsp3) is 0.0714. The molecular formula is C14H12Cl2N2O2. The van der Waals surface area contributed by atoms with Crippen LogP contribution in [-0.2, 0) is 6.61 Å². The van der Waals surface area contributed by atoms with Crippen LogP contribution in [0.2, 0.25) is 10.0 Å². The van der Waals surface area contributed by atoms with Crippen LogP contribution in [0.5, 0.6) is 0 Å². The number of anilines is 2. The topological polar surface area (TPSA) is 61.4 Å². The first-order valence-electron chi connectivity index (χ1n) is 5.81. The number of hydrogen-bond acceptors (Lipinski definition) is 2. The maximum absolute atomic E-state index is 11.9. The van der Waals surface area contributed by atoms with E-state index in [1.165, 1.54) is 0 Å². The largest absolute Gasteiger partial charge is 0.392 e. The van der Waals surface area contributed by atoms with Crippen molar-refractivity contribution in [2.75, 3.05) is 10.6 Å². The van der Waals surface area contributed by atoms with Crippen molar-refractivity contribution in [1.29, 1.82) is 0 Å². The Kier molecular flexibility index (Phi) is 4.84. The summed E-state index contributed by atoms with van der Waals surface area (Å²) in [7, 11) is 0. The highest BCUT2D eigenvalue weighted by atomic mass is 35.5. The summed E-state index contributed by atoms with van der Waals surface area (Å²) in [5.74, 6) is 0. The van der Waals surface area contributed by atoms with Crippen molar-refractivity contribution >= 4 is 40.6 Å². The van der Waals surface area contributed by atoms with E-state index in [1.807, 2.05) is 0 Å². The number of rotatable bonds is 3. The minimum atomic E-state index is -0.441. The molecule has 0 heterocycles. The van der Waals surface area contributed by atoms with Gasteiger partial charge in [-0.1, -0.05) is 35.3 Å². The lowest BCUT2D eigenvalue weighted by Crippen LogP contribution is -2.19. The number of halogens is 2. The summed E-state index contributed by atoms with van der Waals surface area (Å²) in [4.78, 5) is 11.9. The van der Waals surface area contributed by atoms with E-state index in [0.717, 1.165) is 0 Å². The third-order valence-electron chi connectivity index (χ3n) is 2.54. The average molecular weight is 311 g/mol. The third-order valence-corrected chi connectivity index (χ3v) is 3.11. The molecule has 104 valence electrons. The lowest BCUT2D eigenvalue weighted by atomic mass is 10.2. The molecule has 6 heteroatoms. The van der Waals surface area contributed by atoms with E-state index in [-0.39, 0.29) is 6.61 Å². The van der Waals surface area contributed by atoms with Gasteiger partial charge in [0.05, 0.1) is 17.3 Å². The van der Waals surface area contributed by atoms with Gasteiger partial charge in [-0.05, 0) is 35.9 Å². The van der Waals surface area contributed by atoms with Crippen LogP contribution in [0.15, 0.2) is 42.5 Å². The highest BCUT2D eigenvalue weighted by Gasteiger charge is 2.07. The summed E-state index contributed by atoms with van der Waals surface area (Å²) in [6.07, 6.45) is 0. The number of carbonyl (C=O) groups excluding carboxylic acids is 1. The van der Waals surface area contributed by atoms with Crippen molar-refractivity contribution in [2.45, 2.75) is 6.61 Å². The zero-order valence-electron chi connectivity index (χ0n) is 10.4. The van der Waals surface area contributed by atoms with Crippen LogP contribution in [0.25, 0.3) is 0 Å². The SMILES string of the molecule is O=C(Nc1cccc(CO)c1)Nc1cc(Cl)ccc1Cl. The van der Waals surface area contributed by atoms with Crippen molar-refractivity contribution in [3.05, 3.63) is 58.1 Å². The van der Waals surface area contributed by atoms with Gasteiger partial charge in [0.15, 0.2) is 0 Å². The molecule has 2 rings (SSSR count). The molecule has 3 N–H and O–H groups in total. The number of nitrogens with one attached hydrogen (secondary N) is 2. The summed E-state index contributed by atoms with van der Waals surface area (Å²) in [6, 6.07) is 11.3. The normalized spacial score (nSPS) is 10.2. The zero-order chi connectivity index (χ0) is 14.5. The van der Waals surface area contributed by atoms with Gasteiger partial charge in [0.1, 0.15) is 0 Å². The average Bonchev–Trinajstić information content (AvgIpc) is 2.43. The van der Waals surface area contributed by atoms with Crippen molar-refractivity contribution in [2.24, 2.45) is 0 Å². The highest BCUT2D eigenvalue weighted by molar-refractivity contribution is 6.35. The van der Waals surface area contributed by atoms with E-state index < -0.39 is 6.03 Å². The number of aliphatic hydroxyl groups excluding tert-OH is 1. The molecule has 0 aromatic heterocycles. The maximum atomic E-state index is 11.9. The van der Waals surface area contributed by atoms with Gasteiger partial charge in [0.25, 0.3) is 0 Å². The Morgan fingerprint density at radius 2 is 1.90 bits per heavy atom. The second kappa shape index (κ2) is 6.61. The predicted octanol–water partition coefficient (Wildman–Crippen LogP) is 4.13. The Balaban J connectivity index is 2.07. The van der Waals surface area contributed by atoms with Crippen molar-refractivity contribution in [3.63, 3.8) is 0 Å². The molecular weight excluding hydrogens is 299 g/mol. The van der Waals surface area contributed by atoms with Gasteiger partial charge in [-0.2, -0.15) is 0 Å².